The van der Waals surface area contributed by atoms with Crippen LogP contribution >= 0.6 is 0 Å². The number of benzene rings is 2. The van der Waals surface area contributed by atoms with Crippen LogP contribution < -0.4 is 0 Å². The summed E-state index contributed by atoms with van der Waals surface area (Å²) in [6.07, 6.45) is 11.9. The molecule has 2 aromatic rings. The molecule has 0 bridgehead atoms. The van der Waals surface area contributed by atoms with E-state index in [1.165, 1.54) is 22.3 Å². The molecule has 0 atom stereocenters. The first kappa shape index (κ1) is 18.7. The highest BCUT2D eigenvalue weighted by Gasteiger charge is 2.01. The largest absolute Gasteiger partial charge is 0.0807 e. The predicted molar refractivity (Wildman–Crippen MR) is 105 cm³/mol. The standard InChI is InChI=1S/C19H16.2C2H6/c1-2-5-10-16(9-4-1)18-13-8-14-19(15-18)17-11-6-3-7-12-17;2*1-2/h1,3-15H,2H2;2*1-2H3. The van der Waals surface area contributed by atoms with Crippen molar-refractivity contribution in [3.05, 3.63) is 90.5 Å². The number of rotatable bonds is 2. The van der Waals surface area contributed by atoms with Crippen molar-refractivity contribution in [2.45, 2.75) is 34.1 Å². The molecule has 0 saturated carbocycles. The molecule has 23 heavy (non-hydrogen) atoms. The van der Waals surface area contributed by atoms with Gasteiger partial charge in [0.05, 0.1) is 0 Å². The minimum Gasteiger partial charge on any atom is -0.0807 e. The summed E-state index contributed by atoms with van der Waals surface area (Å²) < 4.78 is 0. The molecule has 0 aliphatic heterocycles. The van der Waals surface area contributed by atoms with Gasteiger partial charge in [0, 0.05) is 0 Å². The van der Waals surface area contributed by atoms with Gasteiger partial charge in [0.25, 0.3) is 0 Å². The second-order valence-electron chi connectivity index (χ2n) is 4.64. The summed E-state index contributed by atoms with van der Waals surface area (Å²) in [6, 6.07) is 19.2. The van der Waals surface area contributed by atoms with E-state index in [1.807, 2.05) is 27.7 Å². The van der Waals surface area contributed by atoms with Crippen molar-refractivity contribution in [2.24, 2.45) is 0 Å². The fourth-order valence-corrected chi connectivity index (χ4v) is 2.28. The highest BCUT2D eigenvalue weighted by atomic mass is 14.1. The number of hydrogen-bond donors (Lipinski definition) is 0. The van der Waals surface area contributed by atoms with Crippen LogP contribution in [-0.4, -0.2) is 0 Å². The summed E-state index contributed by atoms with van der Waals surface area (Å²) in [5.41, 5.74) is 5.06. The van der Waals surface area contributed by atoms with Crippen LogP contribution in [0.3, 0.4) is 0 Å². The Kier molecular flexibility index (Phi) is 9.16. The lowest BCUT2D eigenvalue weighted by atomic mass is 9.99. The first-order valence-corrected chi connectivity index (χ1v) is 8.63. The summed E-state index contributed by atoms with van der Waals surface area (Å²) in [6.45, 7) is 8.00. The van der Waals surface area contributed by atoms with Crippen molar-refractivity contribution in [3.8, 4) is 11.1 Å². The van der Waals surface area contributed by atoms with Crippen molar-refractivity contribution >= 4 is 5.57 Å². The second-order valence-corrected chi connectivity index (χ2v) is 4.64. The molecule has 0 N–H and O–H groups in total. The molecule has 0 heteroatoms. The van der Waals surface area contributed by atoms with Crippen LogP contribution in [0, 0.1) is 0 Å². The molecule has 0 spiro atoms. The Morgan fingerprint density at radius 2 is 1.30 bits per heavy atom. The third kappa shape index (κ3) is 5.75. The molecule has 120 valence electrons. The fraction of sp³-hybridized carbons (Fsp3) is 0.217. The Balaban J connectivity index is 0.000000615. The summed E-state index contributed by atoms with van der Waals surface area (Å²) in [5, 5.41) is 0. The minimum absolute atomic E-state index is 1.01. The molecule has 0 heterocycles. The van der Waals surface area contributed by atoms with E-state index in [0.29, 0.717) is 0 Å². The predicted octanol–water partition coefficient (Wildman–Crippen LogP) is 7.31. The smallest absolute Gasteiger partial charge is 0.0163 e. The van der Waals surface area contributed by atoms with E-state index in [0.717, 1.165) is 6.42 Å². The molecule has 0 amide bonds. The molecule has 0 nitrogen and oxygen atoms in total. The zero-order valence-corrected chi connectivity index (χ0v) is 14.8. The summed E-state index contributed by atoms with van der Waals surface area (Å²) in [4.78, 5) is 0. The summed E-state index contributed by atoms with van der Waals surface area (Å²) in [7, 11) is 0. The van der Waals surface area contributed by atoms with Gasteiger partial charge in [0.15, 0.2) is 0 Å². The zero-order chi connectivity index (χ0) is 16.9. The maximum absolute atomic E-state index is 2.25. The monoisotopic (exact) mass is 304 g/mol. The molecule has 0 unspecified atom stereocenters. The Hall–Kier alpha value is -2.34. The van der Waals surface area contributed by atoms with Crippen LogP contribution in [0.25, 0.3) is 16.7 Å². The van der Waals surface area contributed by atoms with Gasteiger partial charge in [-0.25, -0.2) is 0 Å². The normalized spacial score (nSPS) is 12.1. The Morgan fingerprint density at radius 1 is 0.652 bits per heavy atom. The molecule has 0 radical (unpaired) electrons. The quantitative estimate of drug-likeness (QED) is 0.545. The Bertz CT molecular complexity index is 643. The third-order valence-corrected chi connectivity index (χ3v) is 3.28. The average Bonchev–Trinajstić information content (AvgIpc) is 2.95. The van der Waals surface area contributed by atoms with Crippen molar-refractivity contribution in [1.29, 1.82) is 0 Å². The van der Waals surface area contributed by atoms with E-state index in [9.17, 15) is 0 Å². The lowest BCUT2D eigenvalue weighted by Gasteiger charge is -2.06. The molecule has 0 saturated heterocycles. The minimum atomic E-state index is 1.01. The maximum atomic E-state index is 2.25. The molecular weight excluding hydrogens is 276 g/mol. The van der Waals surface area contributed by atoms with Gasteiger partial charge in [-0.05, 0) is 34.8 Å². The van der Waals surface area contributed by atoms with Gasteiger partial charge in [0.2, 0.25) is 0 Å². The van der Waals surface area contributed by atoms with Gasteiger partial charge in [-0.3, -0.25) is 0 Å². The van der Waals surface area contributed by atoms with Crippen LogP contribution in [0.4, 0.5) is 0 Å². The van der Waals surface area contributed by atoms with E-state index in [-0.39, 0.29) is 0 Å². The second kappa shape index (κ2) is 11.3. The van der Waals surface area contributed by atoms with E-state index in [4.69, 9.17) is 0 Å². The number of hydrogen-bond acceptors (Lipinski definition) is 0. The van der Waals surface area contributed by atoms with Crippen molar-refractivity contribution < 1.29 is 0 Å². The molecule has 3 rings (SSSR count). The summed E-state index contributed by atoms with van der Waals surface area (Å²) >= 11 is 0. The van der Waals surface area contributed by atoms with Gasteiger partial charge < -0.3 is 0 Å². The lowest BCUT2D eigenvalue weighted by molar-refractivity contribution is 1.41. The lowest BCUT2D eigenvalue weighted by Crippen LogP contribution is -1.83. The van der Waals surface area contributed by atoms with E-state index < -0.39 is 0 Å². The van der Waals surface area contributed by atoms with Crippen LogP contribution in [0.2, 0.25) is 0 Å². The highest BCUT2D eigenvalue weighted by molar-refractivity contribution is 5.79. The van der Waals surface area contributed by atoms with Gasteiger partial charge in [-0.2, -0.15) is 0 Å². The molecule has 1 aliphatic rings. The average molecular weight is 304 g/mol. The molecule has 2 aromatic carbocycles. The fourth-order valence-electron chi connectivity index (χ4n) is 2.28. The summed E-state index contributed by atoms with van der Waals surface area (Å²) in [5.74, 6) is 0. The zero-order valence-electron chi connectivity index (χ0n) is 14.8. The van der Waals surface area contributed by atoms with Crippen molar-refractivity contribution in [3.63, 3.8) is 0 Å². The number of allylic oxidation sites excluding steroid dienone is 6. The van der Waals surface area contributed by atoms with E-state index >= 15 is 0 Å². The SMILES string of the molecule is C1=CCC=CC(c2cccc(-c3ccccc3)c2)=C1.CC.CC. The third-order valence-electron chi connectivity index (χ3n) is 3.28. The van der Waals surface area contributed by atoms with Gasteiger partial charge >= 0.3 is 0 Å². The van der Waals surface area contributed by atoms with Gasteiger partial charge in [0.1, 0.15) is 0 Å². The molecule has 0 fully saturated rings. The first-order valence-electron chi connectivity index (χ1n) is 8.63. The Labute approximate surface area is 141 Å². The maximum Gasteiger partial charge on any atom is -0.0163 e. The van der Waals surface area contributed by atoms with Gasteiger partial charge in [-0.1, -0.05) is 107 Å². The molecule has 0 aromatic heterocycles. The first-order chi connectivity index (χ1) is 11.4. The highest BCUT2D eigenvalue weighted by Crippen LogP contribution is 2.25. The van der Waals surface area contributed by atoms with Crippen LogP contribution in [0.1, 0.15) is 39.7 Å². The van der Waals surface area contributed by atoms with Crippen LogP contribution in [0.15, 0.2) is 85.0 Å². The van der Waals surface area contributed by atoms with Crippen molar-refractivity contribution in [2.75, 3.05) is 0 Å². The molecule has 1 aliphatic carbocycles. The Morgan fingerprint density at radius 3 is 2.04 bits per heavy atom. The van der Waals surface area contributed by atoms with E-state index in [2.05, 4.69) is 85.0 Å². The van der Waals surface area contributed by atoms with Gasteiger partial charge in [-0.15, -0.1) is 0 Å². The van der Waals surface area contributed by atoms with Crippen molar-refractivity contribution in [1.82, 2.24) is 0 Å². The van der Waals surface area contributed by atoms with Crippen LogP contribution in [0.5, 0.6) is 0 Å². The molecular formula is C23H28. The van der Waals surface area contributed by atoms with Crippen LogP contribution in [-0.2, 0) is 0 Å². The topological polar surface area (TPSA) is 0 Å². The van der Waals surface area contributed by atoms with E-state index in [1.54, 1.807) is 0 Å².